The first-order valence-electron chi connectivity index (χ1n) is 5.71. The lowest BCUT2D eigenvalue weighted by molar-refractivity contribution is -0.137. The van der Waals surface area contributed by atoms with E-state index in [1.54, 1.807) is 18.4 Å². The summed E-state index contributed by atoms with van der Waals surface area (Å²) in [5.41, 5.74) is 2.21. The Bertz CT molecular complexity index is 607. The summed E-state index contributed by atoms with van der Waals surface area (Å²) >= 11 is 1.31. The van der Waals surface area contributed by atoms with Crippen molar-refractivity contribution in [2.75, 3.05) is 0 Å². The van der Waals surface area contributed by atoms with Crippen molar-refractivity contribution in [3.05, 3.63) is 57.0 Å². The maximum atomic E-state index is 13.9. The highest BCUT2D eigenvalue weighted by atomic mass is 32.1. The minimum absolute atomic E-state index is 0.118. The van der Waals surface area contributed by atoms with E-state index in [1.807, 2.05) is 0 Å². The number of rotatable bonds is 3. The molecule has 1 unspecified atom stereocenters. The molecule has 20 heavy (non-hydrogen) atoms. The van der Waals surface area contributed by atoms with Crippen LogP contribution in [-0.2, 0) is 6.18 Å². The van der Waals surface area contributed by atoms with Gasteiger partial charge in [0, 0.05) is 10.4 Å². The van der Waals surface area contributed by atoms with Crippen LogP contribution in [-0.4, -0.2) is 0 Å². The number of alkyl halides is 3. The van der Waals surface area contributed by atoms with Crippen LogP contribution in [0.1, 0.15) is 27.6 Å². The fourth-order valence-corrected chi connectivity index (χ4v) is 2.93. The molecular weight excluding hydrogens is 292 g/mol. The molecule has 1 aromatic heterocycles. The summed E-state index contributed by atoms with van der Waals surface area (Å²) in [4.78, 5) is 0.686. The molecule has 2 aromatic rings. The Labute approximate surface area is 117 Å². The SMILES string of the molecule is Cc1ccsc1C(NN)c1cc(C(F)(F)F)ccc1F. The Morgan fingerprint density at radius 2 is 1.95 bits per heavy atom. The van der Waals surface area contributed by atoms with Gasteiger partial charge < -0.3 is 0 Å². The Kier molecular flexibility index (Phi) is 4.12. The summed E-state index contributed by atoms with van der Waals surface area (Å²) in [7, 11) is 0. The van der Waals surface area contributed by atoms with Gasteiger partial charge in [0.15, 0.2) is 0 Å². The van der Waals surface area contributed by atoms with E-state index in [-0.39, 0.29) is 5.56 Å². The fourth-order valence-electron chi connectivity index (χ4n) is 1.93. The van der Waals surface area contributed by atoms with Crippen LogP contribution in [0.25, 0.3) is 0 Å². The van der Waals surface area contributed by atoms with E-state index >= 15 is 0 Å². The minimum Gasteiger partial charge on any atom is -0.271 e. The highest BCUT2D eigenvalue weighted by Crippen LogP contribution is 2.35. The fraction of sp³-hybridized carbons (Fsp3) is 0.231. The molecular formula is C13H12F4N2S. The first kappa shape index (κ1) is 15.0. The maximum absolute atomic E-state index is 13.9. The second-order valence-electron chi connectivity index (χ2n) is 4.30. The molecule has 0 aliphatic carbocycles. The number of halogens is 4. The average Bonchev–Trinajstić information content (AvgIpc) is 2.78. The zero-order valence-electron chi connectivity index (χ0n) is 10.5. The van der Waals surface area contributed by atoms with Gasteiger partial charge in [0.05, 0.1) is 11.6 Å². The molecule has 7 heteroatoms. The number of aryl methyl sites for hydroxylation is 1. The highest BCUT2D eigenvalue weighted by Gasteiger charge is 2.32. The van der Waals surface area contributed by atoms with Crippen LogP contribution in [0.5, 0.6) is 0 Å². The number of hydrogen-bond donors (Lipinski definition) is 2. The Morgan fingerprint density at radius 3 is 2.45 bits per heavy atom. The Balaban J connectivity index is 2.52. The van der Waals surface area contributed by atoms with Crippen LogP contribution in [0.2, 0.25) is 0 Å². The zero-order valence-corrected chi connectivity index (χ0v) is 11.3. The third-order valence-electron chi connectivity index (χ3n) is 2.96. The van der Waals surface area contributed by atoms with Gasteiger partial charge in [-0.15, -0.1) is 11.3 Å². The standard InChI is InChI=1S/C13H12F4N2S/c1-7-4-5-20-12(7)11(19-18)9-6-8(13(15,16)17)2-3-10(9)14/h2-6,11,19H,18H2,1H3. The van der Waals surface area contributed by atoms with Gasteiger partial charge in [-0.25, -0.2) is 9.82 Å². The molecule has 2 nitrogen and oxygen atoms in total. The van der Waals surface area contributed by atoms with Gasteiger partial charge in [-0.2, -0.15) is 13.2 Å². The van der Waals surface area contributed by atoms with Crippen molar-refractivity contribution in [1.82, 2.24) is 5.43 Å². The van der Waals surface area contributed by atoms with Crippen LogP contribution in [0.3, 0.4) is 0 Å². The summed E-state index contributed by atoms with van der Waals surface area (Å²) in [5.74, 6) is 4.67. The maximum Gasteiger partial charge on any atom is 0.416 e. The summed E-state index contributed by atoms with van der Waals surface area (Å²) in [6.07, 6.45) is -4.52. The van der Waals surface area contributed by atoms with Gasteiger partial charge in [-0.05, 0) is 42.1 Å². The topological polar surface area (TPSA) is 38.0 Å². The first-order valence-corrected chi connectivity index (χ1v) is 6.59. The van der Waals surface area contributed by atoms with E-state index in [1.165, 1.54) is 11.3 Å². The van der Waals surface area contributed by atoms with Gasteiger partial charge in [0.25, 0.3) is 0 Å². The van der Waals surface area contributed by atoms with Crippen molar-refractivity contribution >= 4 is 11.3 Å². The van der Waals surface area contributed by atoms with E-state index in [0.29, 0.717) is 10.9 Å². The number of hydrogen-bond acceptors (Lipinski definition) is 3. The molecule has 0 saturated heterocycles. The molecule has 2 rings (SSSR count). The zero-order chi connectivity index (χ0) is 14.9. The number of benzene rings is 1. The molecule has 0 spiro atoms. The lowest BCUT2D eigenvalue weighted by atomic mass is 10.0. The van der Waals surface area contributed by atoms with Crippen LogP contribution in [0.4, 0.5) is 17.6 Å². The average molecular weight is 304 g/mol. The van der Waals surface area contributed by atoms with Gasteiger partial charge >= 0.3 is 6.18 Å². The highest BCUT2D eigenvalue weighted by molar-refractivity contribution is 7.10. The summed E-state index contributed by atoms with van der Waals surface area (Å²) in [6, 6.07) is 3.31. The first-order chi connectivity index (χ1) is 9.34. The molecule has 1 atom stereocenters. The molecule has 0 amide bonds. The smallest absolute Gasteiger partial charge is 0.271 e. The number of hydrazine groups is 1. The third-order valence-corrected chi connectivity index (χ3v) is 4.05. The predicted molar refractivity (Wildman–Crippen MR) is 69.6 cm³/mol. The van der Waals surface area contributed by atoms with Crippen molar-refractivity contribution in [3.63, 3.8) is 0 Å². The lowest BCUT2D eigenvalue weighted by Crippen LogP contribution is -2.29. The van der Waals surface area contributed by atoms with E-state index in [4.69, 9.17) is 5.84 Å². The second kappa shape index (κ2) is 5.51. The summed E-state index contributed by atoms with van der Waals surface area (Å²) in [6.45, 7) is 1.79. The third kappa shape index (κ3) is 2.84. The summed E-state index contributed by atoms with van der Waals surface area (Å²) in [5, 5.41) is 1.78. The van der Waals surface area contributed by atoms with E-state index < -0.39 is 23.6 Å². The van der Waals surface area contributed by atoms with Gasteiger partial charge in [-0.3, -0.25) is 5.84 Å². The lowest BCUT2D eigenvalue weighted by Gasteiger charge is -2.18. The van der Waals surface area contributed by atoms with Gasteiger partial charge in [0.1, 0.15) is 5.82 Å². The number of nitrogens with one attached hydrogen (secondary N) is 1. The second-order valence-corrected chi connectivity index (χ2v) is 5.25. The minimum atomic E-state index is -4.52. The molecule has 0 radical (unpaired) electrons. The van der Waals surface area contributed by atoms with Crippen LogP contribution in [0.15, 0.2) is 29.6 Å². The molecule has 108 valence electrons. The molecule has 0 bridgehead atoms. The molecule has 0 aliphatic rings. The van der Waals surface area contributed by atoms with Gasteiger partial charge in [-0.1, -0.05) is 0 Å². The number of nitrogens with two attached hydrogens (primary N) is 1. The number of thiophene rings is 1. The Morgan fingerprint density at radius 1 is 1.25 bits per heavy atom. The van der Waals surface area contributed by atoms with Gasteiger partial charge in [0.2, 0.25) is 0 Å². The monoisotopic (exact) mass is 304 g/mol. The molecule has 0 saturated carbocycles. The molecule has 3 N–H and O–H groups in total. The van der Waals surface area contributed by atoms with Crippen LogP contribution in [0, 0.1) is 12.7 Å². The Hall–Kier alpha value is -1.44. The summed E-state index contributed by atoms with van der Waals surface area (Å²) < 4.78 is 52.0. The predicted octanol–water partition coefficient (Wildman–Crippen LogP) is 3.77. The van der Waals surface area contributed by atoms with Crippen molar-refractivity contribution < 1.29 is 17.6 Å². The van der Waals surface area contributed by atoms with Crippen molar-refractivity contribution in [2.24, 2.45) is 5.84 Å². The van der Waals surface area contributed by atoms with E-state index in [2.05, 4.69) is 5.43 Å². The van der Waals surface area contributed by atoms with E-state index in [9.17, 15) is 17.6 Å². The molecule has 0 fully saturated rings. The van der Waals surface area contributed by atoms with Crippen LogP contribution >= 0.6 is 11.3 Å². The normalized spacial score (nSPS) is 13.5. The largest absolute Gasteiger partial charge is 0.416 e. The molecule has 1 heterocycles. The van der Waals surface area contributed by atoms with Crippen molar-refractivity contribution in [1.29, 1.82) is 0 Å². The molecule has 1 aromatic carbocycles. The van der Waals surface area contributed by atoms with Crippen molar-refractivity contribution in [3.8, 4) is 0 Å². The quantitative estimate of drug-likeness (QED) is 0.515. The van der Waals surface area contributed by atoms with Crippen LogP contribution < -0.4 is 11.3 Å². The van der Waals surface area contributed by atoms with Crippen molar-refractivity contribution in [2.45, 2.75) is 19.1 Å². The molecule has 0 aliphatic heterocycles. The van der Waals surface area contributed by atoms with E-state index in [0.717, 1.165) is 17.7 Å².